The molecule has 0 heterocycles. The lowest BCUT2D eigenvalue weighted by Crippen LogP contribution is -2.44. The Kier molecular flexibility index (Phi) is 7.08. The van der Waals surface area contributed by atoms with Gasteiger partial charge in [-0.25, -0.2) is 0 Å². The molecule has 0 aliphatic heterocycles. The number of nitrogens with two attached hydrogens (primary N) is 2. The zero-order chi connectivity index (χ0) is 25.7. The molecule has 0 radical (unpaired) electrons. The fourth-order valence-corrected chi connectivity index (χ4v) is 8.62. The summed E-state index contributed by atoms with van der Waals surface area (Å²) in [4.78, 5) is 0. The van der Waals surface area contributed by atoms with E-state index in [-0.39, 0.29) is 10.8 Å². The molecule has 0 fully saturated rings. The maximum atomic E-state index is 6.68. The van der Waals surface area contributed by atoms with Crippen LogP contribution in [0, 0.1) is 23.7 Å². The second kappa shape index (κ2) is 9.49. The molecule has 0 aromatic heterocycles. The molecule has 2 aliphatic rings. The first-order valence-electron chi connectivity index (χ1n) is 14.3. The molecule has 0 bridgehead atoms. The molecule has 4 rings (SSSR count). The first-order chi connectivity index (χ1) is 16.4. The van der Waals surface area contributed by atoms with Crippen LogP contribution >= 0.6 is 0 Å². The minimum atomic E-state index is 0.144. The smallest absolute Gasteiger partial charge is 0.0319 e. The van der Waals surface area contributed by atoms with Crippen LogP contribution in [0.5, 0.6) is 0 Å². The number of fused-ring (bicyclic) bond motifs is 2. The van der Waals surface area contributed by atoms with Crippen LogP contribution in [0.3, 0.4) is 0 Å². The summed E-state index contributed by atoms with van der Waals surface area (Å²) < 4.78 is 0. The third-order valence-corrected chi connectivity index (χ3v) is 10.4. The van der Waals surface area contributed by atoms with Crippen molar-refractivity contribution in [3.8, 4) is 0 Å². The van der Waals surface area contributed by atoms with Gasteiger partial charge in [0.2, 0.25) is 0 Å². The van der Waals surface area contributed by atoms with E-state index in [1.54, 1.807) is 11.1 Å². The van der Waals surface area contributed by atoms with Gasteiger partial charge in [0.25, 0.3) is 0 Å². The number of hydrogen-bond acceptors (Lipinski definition) is 2. The van der Waals surface area contributed by atoms with Gasteiger partial charge in [0.15, 0.2) is 0 Å². The van der Waals surface area contributed by atoms with Crippen molar-refractivity contribution in [3.63, 3.8) is 0 Å². The van der Waals surface area contributed by atoms with E-state index in [0.717, 1.165) is 17.8 Å². The molecule has 2 heteroatoms. The average molecular weight is 475 g/mol. The highest BCUT2D eigenvalue weighted by molar-refractivity contribution is 5.56. The lowest BCUT2D eigenvalue weighted by Gasteiger charge is -2.50. The summed E-state index contributed by atoms with van der Waals surface area (Å²) in [6.07, 6.45) is 7.28. The molecule has 0 spiro atoms. The molecule has 35 heavy (non-hydrogen) atoms. The molecule has 0 saturated carbocycles. The van der Waals surface area contributed by atoms with Crippen LogP contribution < -0.4 is 11.5 Å². The Morgan fingerprint density at radius 3 is 2.06 bits per heavy atom. The van der Waals surface area contributed by atoms with E-state index in [4.69, 9.17) is 11.5 Å². The molecule has 3 atom stereocenters. The lowest BCUT2D eigenvalue weighted by molar-refractivity contribution is 0.168. The molecule has 0 amide bonds. The first-order valence-corrected chi connectivity index (χ1v) is 14.3. The Hall–Kier alpha value is -1.96. The van der Waals surface area contributed by atoms with E-state index in [1.165, 1.54) is 48.8 Å². The van der Waals surface area contributed by atoms with Crippen molar-refractivity contribution < 1.29 is 0 Å². The highest BCUT2D eigenvalue weighted by Crippen LogP contribution is 2.54. The summed E-state index contributed by atoms with van der Waals surface area (Å²) in [6.45, 7) is 19.5. The Bertz CT molecular complexity index is 1060. The predicted molar refractivity (Wildman–Crippen MR) is 153 cm³/mol. The van der Waals surface area contributed by atoms with Gasteiger partial charge in [0, 0.05) is 22.2 Å². The van der Waals surface area contributed by atoms with Crippen LogP contribution in [-0.2, 0) is 23.7 Å². The topological polar surface area (TPSA) is 52.0 Å². The Morgan fingerprint density at radius 2 is 1.43 bits per heavy atom. The van der Waals surface area contributed by atoms with E-state index < -0.39 is 0 Å². The van der Waals surface area contributed by atoms with Crippen LogP contribution in [-0.4, -0.2) is 0 Å². The maximum absolute atomic E-state index is 6.68. The SMILES string of the molecule is CC1CCC(C(C)C)(C(C)C)c2cc(N)cc(CC(C)C3(C(C)C)CCCc4ccc(N)cc43)c21. The monoisotopic (exact) mass is 474 g/mol. The summed E-state index contributed by atoms with van der Waals surface area (Å²) in [5, 5.41) is 0. The van der Waals surface area contributed by atoms with Gasteiger partial charge in [-0.2, -0.15) is 0 Å². The third-order valence-electron chi connectivity index (χ3n) is 10.4. The van der Waals surface area contributed by atoms with Gasteiger partial charge in [-0.15, -0.1) is 0 Å². The maximum Gasteiger partial charge on any atom is 0.0319 e. The third kappa shape index (κ3) is 4.09. The van der Waals surface area contributed by atoms with E-state index in [1.807, 2.05) is 0 Å². The Morgan fingerprint density at radius 1 is 0.800 bits per heavy atom. The number of benzene rings is 2. The second-order valence-electron chi connectivity index (χ2n) is 13.0. The van der Waals surface area contributed by atoms with Crippen LogP contribution in [0.1, 0.15) is 115 Å². The van der Waals surface area contributed by atoms with Crippen molar-refractivity contribution in [1.29, 1.82) is 0 Å². The van der Waals surface area contributed by atoms with Gasteiger partial charge in [0.1, 0.15) is 0 Å². The van der Waals surface area contributed by atoms with Crippen LogP contribution in [0.4, 0.5) is 11.4 Å². The summed E-state index contributed by atoms with van der Waals surface area (Å²) in [6, 6.07) is 11.3. The van der Waals surface area contributed by atoms with Crippen LogP contribution in [0.25, 0.3) is 0 Å². The van der Waals surface area contributed by atoms with Gasteiger partial charge < -0.3 is 11.5 Å². The molecular formula is C33H50N2. The number of anilines is 2. The minimum Gasteiger partial charge on any atom is -0.399 e. The van der Waals surface area contributed by atoms with Crippen molar-refractivity contribution in [2.45, 2.75) is 111 Å². The largest absolute Gasteiger partial charge is 0.399 e. The number of rotatable bonds is 6. The van der Waals surface area contributed by atoms with Crippen molar-refractivity contribution in [1.82, 2.24) is 0 Å². The summed E-state index contributed by atoms with van der Waals surface area (Å²) in [7, 11) is 0. The van der Waals surface area contributed by atoms with E-state index in [2.05, 4.69) is 85.7 Å². The Labute approximate surface area is 215 Å². The molecule has 2 aromatic rings. The van der Waals surface area contributed by atoms with E-state index >= 15 is 0 Å². The molecule has 192 valence electrons. The molecule has 4 N–H and O–H groups in total. The van der Waals surface area contributed by atoms with Crippen molar-refractivity contribution in [3.05, 3.63) is 58.1 Å². The second-order valence-corrected chi connectivity index (χ2v) is 13.0. The average Bonchev–Trinajstić information content (AvgIpc) is 2.77. The van der Waals surface area contributed by atoms with Crippen molar-refractivity contribution in [2.75, 3.05) is 11.5 Å². The molecule has 2 aromatic carbocycles. The van der Waals surface area contributed by atoms with Crippen molar-refractivity contribution >= 4 is 11.4 Å². The molecule has 2 aliphatic carbocycles. The van der Waals surface area contributed by atoms with E-state index in [9.17, 15) is 0 Å². The number of hydrogen-bond donors (Lipinski definition) is 2. The zero-order valence-corrected chi connectivity index (χ0v) is 23.7. The quantitative estimate of drug-likeness (QED) is 0.413. The summed E-state index contributed by atoms with van der Waals surface area (Å²) in [5.74, 6) is 2.84. The van der Waals surface area contributed by atoms with Gasteiger partial charge >= 0.3 is 0 Å². The Balaban J connectivity index is 1.85. The van der Waals surface area contributed by atoms with Crippen LogP contribution in [0.2, 0.25) is 0 Å². The molecule has 2 nitrogen and oxygen atoms in total. The van der Waals surface area contributed by atoms with Gasteiger partial charge in [-0.3, -0.25) is 0 Å². The van der Waals surface area contributed by atoms with Gasteiger partial charge in [-0.05, 0) is 120 Å². The van der Waals surface area contributed by atoms with Crippen LogP contribution in [0.15, 0.2) is 30.3 Å². The van der Waals surface area contributed by atoms with Gasteiger partial charge in [0.05, 0.1) is 0 Å². The zero-order valence-electron chi connectivity index (χ0n) is 23.7. The van der Waals surface area contributed by atoms with E-state index in [0.29, 0.717) is 29.6 Å². The summed E-state index contributed by atoms with van der Waals surface area (Å²) in [5.41, 5.74) is 22.9. The first kappa shape index (κ1) is 26.1. The fraction of sp³-hybridized carbons (Fsp3) is 0.636. The fourth-order valence-electron chi connectivity index (χ4n) is 8.62. The molecular weight excluding hydrogens is 424 g/mol. The lowest BCUT2D eigenvalue weighted by atomic mass is 9.54. The van der Waals surface area contributed by atoms with Crippen molar-refractivity contribution in [2.24, 2.45) is 23.7 Å². The normalized spacial score (nSPS) is 24.5. The highest BCUT2D eigenvalue weighted by atomic mass is 14.6. The number of aryl methyl sites for hydroxylation is 1. The predicted octanol–water partition coefficient (Wildman–Crippen LogP) is 8.41. The molecule has 0 saturated heterocycles. The van der Waals surface area contributed by atoms with Gasteiger partial charge in [-0.1, -0.05) is 61.5 Å². The highest BCUT2D eigenvalue weighted by Gasteiger charge is 2.46. The molecule has 3 unspecified atom stereocenters. The minimum absolute atomic E-state index is 0.144. The number of nitrogen functional groups attached to an aromatic ring is 2. The summed E-state index contributed by atoms with van der Waals surface area (Å²) >= 11 is 0. The standard InChI is InChI=1S/C33H50N2/c1-20(2)32(21(3)4)15-13-23(7)31-26(17-28(35)19-30(31)32)16-24(8)33(22(5)6)14-9-10-25-11-12-27(34)18-29(25)33/h11-12,17-24H,9-10,13-16,34-35H2,1-8H3.